The van der Waals surface area contributed by atoms with Crippen molar-refractivity contribution >= 4 is 34.7 Å². The summed E-state index contributed by atoms with van der Waals surface area (Å²) >= 11 is 5.19. The molecule has 0 unspecified atom stereocenters. The molecule has 2 N–H and O–H groups in total. The molecule has 2 rings (SSSR count). The molecule has 0 atom stereocenters. The molecule has 24 heavy (non-hydrogen) atoms. The fourth-order valence-corrected chi connectivity index (χ4v) is 2.21. The third-order valence-corrected chi connectivity index (χ3v) is 3.25. The van der Waals surface area contributed by atoms with Crippen LogP contribution in [0, 0.1) is 5.82 Å². The summed E-state index contributed by atoms with van der Waals surface area (Å²) in [4.78, 5) is 11.7. The molecule has 0 radical (unpaired) electrons. The highest BCUT2D eigenvalue weighted by Gasteiger charge is 2.08. The zero-order valence-corrected chi connectivity index (χ0v) is 14.1. The van der Waals surface area contributed by atoms with Crippen LogP contribution in [0.25, 0.3) is 0 Å². The summed E-state index contributed by atoms with van der Waals surface area (Å²) in [7, 11) is 1.40. The standard InChI is InChI=1S/C17H17FN2O3S/c1-3-23-16(21)11-5-4-6-12(9-11)19-17(24)20-13-7-8-15(22-2)14(18)10-13/h4-10H,3H2,1-2H3,(H2,19,20,24). The second-order valence-corrected chi connectivity index (χ2v) is 5.14. The van der Waals surface area contributed by atoms with E-state index < -0.39 is 11.8 Å². The van der Waals surface area contributed by atoms with Crippen LogP contribution in [0.15, 0.2) is 42.5 Å². The van der Waals surface area contributed by atoms with Gasteiger partial charge in [0.15, 0.2) is 16.7 Å². The van der Waals surface area contributed by atoms with Crippen LogP contribution in [-0.2, 0) is 4.74 Å². The first kappa shape index (κ1) is 17.7. The first-order valence-electron chi connectivity index (χ1n) is 7.22. The normalized spacial score (nSPS) is 9.96. The Kier molecular flexibility index (Phi) is 6.08. The lowest BCUT2D eigenvalue weighted by atomic mass is 10.2. The highest BCUT2D eigenvalue weighted by molar-refractivity contribution is 7.80. The van der Waals surface area contributed by atoms with Crippen molar-refractivity contribution in [2.24, 2.45) is 0 Å². The van der Waals surface area contributed by atoms with E-state index in [-0.39, 0.29) is 10.9 Å². The van der Waals surface area contributed by atoms with Crippen LogP contribution >= 0.6 is 12.2 Å². The number of methoxy groups -OCH3 is 1. The number of halogens is 1. The quantitative estimate of drug-likeness (QED) is 0.633. The molecule has 0 aliphatic heterocycles. The summed E-state index contributed by atoms with van der Waals surface area (Å²) in [6.45, 7) is 2.05. The molecule has 0 amide bonds. The van der Waals surface area contributed by atoms with E-state index in [4.69, 9.17) is 21.7 Å². The van der Waals surface area contributed by atoms with Crippen molar-refractivity contribution in [3.8, 4) is 5.75 Å². The number of anilines is 2. The average Bonchev–Trinajstić information content (AvgIpc) is 2.55. The van der Waals surface area contributed by atoms with Gasteiger partial charge in [0, 0.05) is 17.4 Å². The fourth-order valence-electron chi connectivity index (χ4n) is 1.98. The molecule has 0 spiro atoms. The molecule has 0 aliphatic carbocycles. The first-order valence-corrected chi connectivity index (χ1v) is 7.63. The number of thiocarbonyl (C=S) groups is 1. The Balaban J connectivity index is 2.03. The Morgan fingerprint density at radius 2 is 1.88 bits per heavy atom. The Hall–Kier alpha value is -2.67. The largest absolute Gasteiger partial charge is 0.494 e. The molecule has 0 saturated heterocycles. The minimum atomic E-state index is -0.491. The minimum Gasteiger partial charge on any atom is -0.494 e. The van der Waals surface area contributed by atoms with Gasteiger partial charge in [-0.15, -0.1) is 0 Å². The van der Waals surface area contributed by atoms with E-state index in [1.165, 1.54) is 19.2 Å². The Labute approximate surface area is 144 Å². The van der Waals surface area contributed by atoms with Gasteiger partial charge in [0.1, 0.15) is 0 Å². The second-order valence-electron chi connectivity index (χ2n) is 4.73. The number of hydrogen-bond donors (Lipinski definition) is 2. The lowest BCUT2D eigenvalue weighted by Gasteiger charge is -2.12. The predicted molar refractivity (Wildman–Crippen MR) is 95.2 cm³/mol. The molecule has 0 aromatic heterocycles. The van der Waals surface area contributed by atoms with E-state index in [1.807, 2.05) is 0 Å². The molecule has 2 aromatic rings. The summed E-state index contributed by atoms with van der Waals surface area (Å²) in [5.74, 6) is -0.742. The van der Waals surface area contributed by atoms with E-state index in [1.54, 1.807) is 37.3 Å². The number of nitrogens with one attached hydrogen (secondary N) is 2. The maximum Gasteiger partial charge on any atom is 0.338 e. The van der Waals surface area contributed by atoms with E-state index in [2.05, 4.69) is 10.6 Å². The molecule has 126 valence electrons. The number of esters is 1. The Morgan fingerprint density at radius 3 is 2.50 bits per heavy atom. The van der Waals surface area contributed by atoms with Crippen molar-refractivity contribution in [2.45, 2.75) is 6.92 Å². The van der Waals surface area contributed by atoms with Gasteiger partial charge >= 0.3 is 5.97 Å². The SMILES string of the molecule is CCOC(=O)c1cccc(NC(=S)Nc2ccc(OC)c(F)c2)c1. The van der Waals surface area contributed by atoms with Crippen molar-refractivity contribution in [1.82, 2.24) is 0 Å². The van der Waals surface area contributed by atoms with Crippen molar-refractivity contribution in [3.05, 3.63) is 53.8 Å². The van der Waals surface area contributed by atoms with Gasteiger partial charge in [-0.05, 0) is 49.5 Å². The zero-order chi connectivity index (χ0) is 17.5. The molecule has 2 aromatic carbocycles. The lowest BCUT2D eigenvalue weighted by Crippen LogP contribution is -2.19. The summed E-state index contributed by atoms with van der Waals surface area (Å²) in [5, 5.41) is 6.06. The van der Waals surface area contributed by atoms with Crippen LogP contribution in [-0.4, -0.2) is 24.8 Å². The number of ether oxygens (including phenoxy) is 2. The lowest BCUT2D eigenvalue weighted by molar-refractivity contribution is 0.0526. The molecule has 5 nitrogen and oxygen atoms in total. The molecular weight excluding hydrogens is 331 g/mol. The smallest absolute Gasteiger partial charge is 0.338 e. The molecule has 7 heteroatoms. The number of carbonyl (C=O) groups is 1. The summed E-state index contributed by atoms with van der Waals surface area (Å²) in [6, 6.07) is 11.2. The van der Waals surface area contributed by atoms with E-state index in [0.29, 0.717) is 23.5 Å². The van der Waals surface area contributed by atoms with Gasteiger partial charge in [0.2, 0.25) is 0 Å². The van der Waals surface area contributed by atoms with Crippen molar-refractivity contribution < 1.29 is 18.7 Å². The number of rotatable bonds is 5. The van der Waals surface area contributed by atoms with Crippen LogP contribution in [0.2, 0.25) is 0 Å². The van der Waals surface area contributed by atoms with Crippen molar-refractivity contribution in [1.29, 1.82) is 0 Å². The monoisotopic (exact) mass is 348 g/mol. The van der Waals surface area contributed by atoms with Crippen molar-refractivity contribution in [3.63, 3.8) is 0 Å². The highest BCUT2D eigenvalue weighted by atomic mass is 32.1. The Bertz CT molecular complexity index is 752. The second kappa shape index (κ2) is 8.26. The van der Waals surface area contributed by atoms with Gasteiger partial charge in [0.05, 0.1) is 19.3 Å². The number of hydrogen-bond acceptors (Lipinski definition) is 4. The summed E-state index contributed by atoms with van der Waals surface area (Å²) in [6.07, 6.45) is 0. The van der Waals surface area contributed by atoms with Gasteiger partial charge in [-0.2, -0.15) is 0 Å². The molecular formula is C17H17FN2O3S. The van der Waals surface area contributed by atoms with E-state index in [0.717, 1.165) is 0 Å². The first-order chi connectivity index (χ1) is 11.5. The molecule has 0 heterocycles. The third-order valence-electron chi connectivity index (χ3n) is 3.04. The average molecular weight is 348 g/mol. The number of benzene rings is 2. The van der Waals surface area contributed by atoms with Gasteiger partial charge in [0.25, 0.3) is 0 Å². The van der Waals surface area contributed by atoms with Crippen LogP contribution in [0.4, 0.5) is 15.8 Å². The van der Waals surface area contributed by atoms with E-state index in [9.17, 15) is 9.18 Å². The molecule has 0 saturated carbocycles. The predicted octanol–water partition coefficient (Wildman–Crippen LogP) is 3.82. The van der Waals surface area contributed by atoms with Gasteiger partial charge in [-0.1, -0.05) is 6.07 Å². The van der Waals surface area contributed by atoms with Gasteiger partial charge in [-0.3, -0.25) is 0 Å². The van der Waals surface area contributed by atoms with E-state index >= 15 is 0 Å². The van der Waals surface area contributed by atoms with Crippen molar-refractivity contribution in [2.75, 3.05) is 24.4 Å². The zero-order valence-electron chi connectivity index (χ0n) is 13.3. The van der Waals surface area contributed by atoms with Crippen LogP contribution < -0.4 is 15.4 Å². The topological polar surface area (TPSA) is 59.6 Å². The Morgan fingerprint density at radius 1 is 1.17 bits per heavy atom. The number of carbonyl (C=O) groups excluding carboxylic acids is 1. The molecule has 0 fully saturated rings. The summed E-state index contributed by atoms with van der Waals surface area (Å²) in [5.41, 5.74) is 1.51. The van der Waals surface area contributed by atoms with Crippen LogP contribution in [0.1, 0.15) is 17.3 Å². The fraction of sp³-hybridized carbons (Fsp3) is 0.176. The maximum absolute atomic E-state index is 13.7. The summed E-state index contributed by atoms with van der Waals surface area (Å²) < 4.78 is 23.5. The van der Waals surface area contributed by atoms with Gasteiger partial charge < -0.3 is 20.1 Å². The van der Waals surface area contributed by atoms with Crippen LogP contribution in [0.3, 0.4) is 0 Å². The highest BCUT2D eigenvalue weighted by Crippen LogP contribution is 2.21. The minimum absolute atomic E-state index is 0.154. The van der Waals surface area contributed by atoms with Gasteiger partial charge in [-0.25, -0.2) is 9.18 Å². The molecule has 0 bridgehead atoms. The third kappa shape index (κ3) is 4.66. The maximum atomic E-state index is 13.7. The molecule has 0 aliphatic rings. The van der Waals surface area contributed by atoms with Crippen LogP contribution in [0.5, 0.6) is 5.75 Å².